The van der Waals surface area contributed by atoms with Gasteiger partial charge in [0.1, 0.15) is 11.4 Å². The van der Waals surface area contributed by atoms with E-state index in [4.69, 9.17) is 9.47 Å². The van der Waals surface area contributed by atoms with Crippen LogP contribution in [0.4, 0.5) is 10.5 Å². The van der Waals surface area contributed by atoms with Crippen LogP contribution in [0.15, 0.2) is 53.4 Å². The van der Waals surface area contributed by atoms with Gasteiger partial charge in [0, 0.05) is 18.7 Å². The van der Waals surface area contributed by atoms with E-state index < -0.39 is 38.7 Å². The highest BCUT2D eigenvalue weighted by molar-refractivity contribution is 7.89. The SMILES string of the molecule is COc1ccc(C[C@H](NC(=O)OC(C)(C)C)[C@H]2CN2S(=O)(=O)c2ccc([N+](=O)[O-])cc2)cc1. The Morgan fingerprint density at radius 3 is 2.30 bits per heavy atom. The molecule has 0 aliphatic carbocycles. The summed E-state index contributed by atoms with van der Waals surface area (Å²) in [5, 5.41) is 13.7. The van der Waals surface area contributed by atoms with E-state index in [2.05, 4.69) is 5.32 Å². The number of nitrogens with one attached hydrogen (secondary N) is 1. The first-order valence-corrected chi connectivity index (χ1v) is 11.7. The van der Waals surface area contributed by atoms with Crippen molar-refractivity contribution in [3.05, 3.63) is 64.2 Å². The van der Waals surface area contributed by atoms with Crippen LogP contribution in [0.1, 0.15) is 26.3 Å². The van der Waals surface area contributed by atoms with Gasteiger partial charge in [-0.05, 0) is 57.0 Å². The smallest absolute Gasteiger partial charge is 0.407 e. The molecular weight excluding hydrogens is 450 g/mol. The Hall–Kier alpha value is -3.18. The molecule has 1 aliphatic rings. The third kappa shape index (κ3) is 6.20. The second kappa shape index (κ2) is 9.36. The van der Waals surface area contributed by atoms with E-state index in [0.29, 0.717) is 12.2 Å². The zero-order chi connectivity index (χ0) is 24.4. The van der Waals surface area contributed by atoms with Gasteiger partial charge >= 0.3 is 6.09 Å². The van der Waals surface area contributed by atoms with Gasteiger partial charge in [0.25, 0.3) is 5.69 Å². The second-order valence-electron chi connectivity index (χ2n) is 8.70. The Balaban J connectivity index is 1.79. The van der Waals surface area contributed by atoms with Gasteiger partial charge < -0.3 is 14.8 Å². The van der Waals surface area contributed by atoms with E-state index in [9.17, 15) is 23.3 Å². The van der Waals surface area contributed by atoms with Gasteiger partial charge in [-0.2, -0.15) is 4.31 Å². The Kier molecular flexibility index (Phi) is 6.94. The molecule has 10 nitrogen and oxygen atoms in total. The highest BCUT2D eigenvalue weighted by atomic mass is 32.2. The second-order valence-corrected chi connectivity index (χ2v) is 10.6. The molecule has 1 N–H and O–H groups in total. The summed E-state index contributed by atoms with van der Waals surface area (Å²) in [6.45, 7) is 5.44. The van der Waals surface area contributed by atoms with Crippen LogP contribution in [0.3, 0.4) is 0 Å². The summed E-state index contributed by atoms with van der Waals surface area (Å²) >= 11 is 0. The molecule has 0 saturated carbocycles. The lowest BCUT2D eigenvalue weighted by Crippen LogP contribution is -2.44. The summed E-state index contributed by atoms with van der Waals surface area (Å²) in [4.78, 5) is 22.6. The summed E-state index contributed by atoms with van der Waals surface area (Å²) in [5.41, 5.74) is -0.0141. The Bertz CT molecular complexity index is 1110. The van der Waals surface area contributed by atoms with Crippen molar-refractivity contribution >= 4 is 21.8 Å². The van der Waals surface area contributed by atoms with Crippen LogP contribution < -0.4 is 10.1 Å². The third-order valence-electron chi connectivity index (χ3n) is 5.04. The van der Waals surface area contributed by atoms with Crippen LogP contribution in [-0.4, -0.2) is 55.1 Å². The standard InChI is InChI=1S/C22H27N3O7S/c1-22(2,3)32-21(26)23-19(13-15-5-9-17(31-4)10-6-15)20-14-24(20)33(29,30)18-11-7-16(8-12-18)25(27)28/h5-12,19-20H,13-14H2,1-4H3,(H,23,26)/t19-,20+,24?/m0/s1. The summed E-state index contributed by atoms with van der Waals surface area (Å²) in [7, 11) is -2.32. The number of rotatable bonds is 8. The average molecular weight is 478 g/mol. The first-order chi connectivity index (χ1) is 15.4. The lowest BCUT2D eigenvalue weighted by Gasteiger charge is -2.24. The highest BCUT2D eigenvalue weighted by Crippen LogP contribution is 2.32. The van der Waals surface area contributed by atoms with Crippen LogP contribution in [-0.2, 0) is 21.2 Å². The van der Waals surface area contributed by atoms with E-state index in [-0.39, 0.29) is 17.1 Å². The third-order valence-corrected chi connectivity index (χ3v) is 6.94. The van der Waals surface area contributed by atoms with Crippen LogP contribution in [0.2, 0.25) is 0 Å². The number of methoxy groups -OCH3 is 1. The number of nitrogens with zero attached hydrogens (tertiary/aromatic N) is 2. The highest BCUT2D eigenvalue weighted by Gasteiger charge is 2.49. The maximum atomic E-state index is 13.0. The fourth-order valence-corrected chi connectivity index (χ4v) is 4.98. The normalized spacial score (nSPS) is 18.8. The van der Waals surface area contributed by atoms with Gasteiger partial charge in [-0.3, -0.25) is 10.1 Å². The van der Waals surface area contributed by atoms with E-state index in [1.165, 1.54) is 16.4 Å². The molecule has 0 radical (unpaired) electrons. The van der Waals surface area contributed by atoms with Crippen molar-refractivity contribution in [1.82, 2.24) is 9.62 Å². The lowest BCUT2D eigenvalue weighted by molar-refractivity contribution is -0.384. The van der Waals surface area contributed by atoms with Gasteiger partial charge in [-0.1, -0.05) is 12.1 Å². The molecule has 3 atom stereocenters. The number of ether oxygens (including phenoxy) is 2. The van der Waals surface area contributed by atoms with Crippen LogP contribution >= 0.6 is 0 Å². The molecule has 3 rings (SSSR count). The van der Waals surface area contributed by atoms with Gasteiger partial charge in [-0.25, -0.2) is 13.2 Å². The maximum absolute atomic E-state index is 13.0. The average Bonchev–Trinajstić information content (AvgIpc) is 3.54. The molecule has 0 bridgehead atoms. The zero-order valence-corrected chi connectivity index (χ0v) is 19.7. The molecule has 1 unspecified atom stereocenters. The summed E-state index contributed by atoms with van der Waals surface area (Å²) in [6, 6.07) is 11.0. The van der Waals surface area contributed by atoms with Crippen molar-refractivity contribution in [3.8, 4) is 5.75 Å². The molecule has 1 aliphatic heterocycles. The Morgan fingerprint density at radius 1 is 1.18 bits per heavy atom. The molecule has 11 heteroatoms. The number of sulfonamides is 1. The van der Waals surface area contributed by atoms with Crippen molar-refractivity contribution in [3.63, 3.8) is 0 Å². The number of nitro groups is 1. The number of hydrogen-bond acceptors (Lipinski definition) is 7. The van der Waals surface area contributed by atoms with Crippen molar-refractivity contribution in [2.24, 2.45) is 0 Å². The van der Waals surface area contributed by atoms with Gasteiger partial charge in [0.2, 0.25) is 10.0 Å². The predicted molar refractivity (Wildman–Crippen MR) is 121 cm³/mol. The molecule has 33 heavy (non-hydrogen) atoms. The van der Waals surface area contributed by atoms with E-state index in [1.54, 1.807) is 40.0 Å². The number of hydrogen-bond donors (Lipinski definition) is 1. The van der Waals surface area contributed by atoms with Crippen LogP contribution in [0.5, 0.6) is 5.75 Å². The molecule has 1 fully saturated rings. The van der Waals surface area contributed by atoms with E-state index in [0.717, 1.165) is 17.7 Å². The topological polar surface area (TPSA) is 128 Å². The summed E-state index contributed by atoms with van der Waals surface area (Å²) in [5.74, 6) is 0.684. The predicted octanol–water partition coefficient (Wildman–Crippen LogP) is 3.11. The minimum Gasteiger partial charge on any atom is -0.497 e. The Morgan fingerprint density at radius 2 is 1.79 bits per heavy atom. The number of alkyl carbamates (subject to hydrolysis) is 1. The van der Waals surface area contributed by atoms with Gasteiger partial charge in [0.05, 0.1) is 29.0 Å². The fraction of sp³-hybridized carbons (Fsp3) is 0.409. The number of non-ortho nitro benzene ring substituents is 1. The molecule has 1 saturated heterocycles. The van der Waals surface area contributed by atoms with Crippen molar-refractivity contribution < 1.29 is 27.6 Å². The van der Waals surface area contributed by atoms with Crippen molar-refractivity contribution in [2.75, 3.05) is 13.7 Å². The number of carbonyl (C=O) groups is 1. The maximum Gasteiger partial charge on any atom is 0.407 e. The van der Waals surface area contributed by atoms with Crippen molar-refractivity contribution in [2.45, 2.75) is 49.8 Å². The summed E-state index contributed by atoms with van der Waals surface area (Å²) < 4.78 is 37.9. The molecule has 178 valence electrons. The number of benzene rings is 2. The van der Waals surface area contributed by atoms with Crippen molar-refractivity contribution in [1.29, 1.82) is 0 Å². The zero-order valence-electron chi connectivity index (χ0n) is 18.8. The fourth-order valence-electron chi connectivity index (χ4n) is 3.37. The molecule has 1 heterocycles. The molecule has 2 aromatic rings. The van der Waals surface area contributed by atoms with Crippen LogP contribution in [0.25, 0.3) is 0 Å². The first-order valence-electron chi connectivity index (χ1n) is 10.3. The quantitative estimate of drug-likeness (QED) is 0.351. The monoisotopic (exact) mass is 477 g/mol. The van der Waals surface area contributed by atoms with E-state index >= 15 is 0 Å². The largest absolute Gasteiger partial charge is 0.497 e. The molecule has 2 aromatic carbocycles. The lowest BCUT2D eigenvalue weighted by atomic mass is 10.0. The molecule has 0 spiro atoms. The molecule has 1 amide bonds. The summed E-state index contributed by atoms with van der Waals surface area (Å²) in [6.07, 6.45) is -0.263. The first kappa shape index (κ1) is 24.5. The van der Waals surface area contributed by atoms with Gasteiger partial charge in [-0.15, -0.1) is 0 Å². The number of amides is 1. The van der Waals surface area contributed by atoms with Crippen LogP contribution in [0, 0.1) is 10.1 Å². The van der Waals surface area contributed by atoms with Gasteiger partial charge in [0.15, 0.2) is 0 Å². The number of nitro benzene ring substituents is 1. The Labute approximate surface area is 192 Å². The minimum atomic E-state index is -3.88. The minimum absolute atomic E-state index is 0.0453. The number of carbonyl (C=O) groups excluding carboxylic acids is 1. The van der Waals surface area contributed by atoms with E-state index in [1.807, 2.05) is 12.1 Å². The molecule has 0 aromatic heterocycles. The molecular formula is C22H27N3O7S.